The molecule has 2 amide bonds. The van der Waals surface area contributed by atoms with Crippen LogP contribution in [0.5, 0.6) is 0 Å². The third-order valence-electron chi connectivity index (χ3n) is 5.25. The monoisotopic (exact) mass is 407 g/mol. The summed E-state index contributed by atoms with van der Waals surface area (Å²) in [7, 11) is 0. The Kier molecular flexibility index (Phi) is 6.12. The van der Waals surface area contributed by atoms with E-state index in [0.717, 1.165) is 49.8 Å². The minimum Gasteiger partial charge on any atom is -0.352 e. The molecular weight excluding hydrogens is 382 g/mol. The average molecular weight is 408 g/mol. The van der Waals surface area contributed by atoms with Gasteiger partial charge in [0.1, 0.15) is 0 Å². The molecule has 0 radical (unpaired) electrons. The van der Waals surface area contributed by atoms with Crippen LogP contribution in [0.2, 0.25) is 0 Å². The number of nitrogens with one attached hydrogen (secondary N) is 1. The highest BCUT2D eigenvalue weighted by molar-refractivity contribution is 9.10. The molecule has 3 rings (SSSR count). The topological polar surface area (TPSA) is 52.7 Å². The number of rotatable bonds is 4. The highest BCUT2D eigenvalue weighted by Gasteiger charge is 2.29. The molecule has 136 valence electrons. The average Bonchev–Trinajstić information content (AvgIpc) is 3.03. The van der Waals surface area contributed by atoms with Crippen molar-refractivity contribution in [3.05, 3.63) is 34.3 Å². The number of likely N-dealkylation sites (tertiary alicyclic amines) is 2. The number of benzene rings is 1. The number of halogens is 1. The molecule has 1 atom stereocenters. The molecule has 0 saturated carbocycles. The fourth-order valence-electron chi connectivity index (χ4n) is 3.90. The van der Waals surface area contributed by atoms with E-state index in [-0.39, 0.29) is 17.9 Å². The summed E-state index contributed by atoms with van der Waals surface area (Å²) in [6, 6.07) is 8.89. The molecule has 1 aromatic carbocycles. The first-order chi connectivity index (χ1) is 12.0. The second-order valence-corrected chi connectivity index (χ2v) is 7.95. The SMILES string of the molecule is CC(=O)N1CCC(NC(=O)CN2CCCC2c2cccc(Br)c2)CC1. The van der Waals surface area contributed by atoms with E-state index in [0.29, 0.717) is 12.6 Å². The summed E-state index contributed by atoms with van der Waals surface area (Å²) in [5.74, 6) is 0.224. The fraction of sp³-hybridized carbons (Fsp3) is 0.579. The lowest BCUT2D eigenvalue weighted by Crippen LogP contribution is -2.48. The summed E-state index contributed by atoms with van der Waals surface area (Å²) in [5.41, 5.74) is 1.27. The van der Waals surface area contributed by atoms with Gasteiger partial charge < -0.3 is 10.2 Å². The van der Waals surface area contributed by atoms with Crippen molar-refractivity contribution >= 4 is 27.7 Å². The molecule has 25 heavy (non-hydrogen) atoms. The molecule has 1 aromatic rings. The Hall–Kier alpha value is -1.40. The van der Waals surface area contributed by atoms with Crippen LogP contribution in [0.3, 0.4) is 0 Å². The standard InChI is InChI=1S/C19H26BrN3O2/c1-14(24)22-10-7-17(8-11-22)21-19(25)13-23-9-3-6-18(23)15-4-2-5-16(20)12-15/h2,4-5,12,17-18H,3,6-11,13H2,1H3,(H,21,25). The van der Waals surface area contributed by atoms with Crippen LogP contribution in [0.25, 0.3) is 0 Å². The van der Waals surface area contributed by atoms with Crippen LogP contribution in [0.4, 0.5) is 0 Å². The van der Waals surface area contributed by atoms with Crippen molar-refractivity contribution in [3.63, 3.8) is 0 Å². The third kappa shape index (κ3) is 4.82. The molecule has 2 saturated heterocycles. The molecule has 0 aliphatic carbocycles. The van der Waals surface area contributed by atoms with Gasteiger partial charge in [0.15, 0.2) is 0 Å². The molecule has 0 spiro atoms. The molecule has 2 aliphatic heterocycles. The number of hydrogen-bond donors (Lipinski definition) is 1. The Morgan fingerprint density at radius 1 is 1.20 bits per heavy atom. The summed E-state index contributed by atoms with van der Waals surface area (Å²) < 4.78 is 1.08. The van der Waals surface area contributed by atoms with Crippen molar-refractivity contribution in [1.29, 1.82) is 0 Å². The molecule has 1 N–H and O–H groups in total. The van der Waals surface area contributed by atoms with Gasteiger partial charge in [-0.1, -0.05) is 28.1 Å². The summed E-state index contributed by atoms with van der Waals surface area (Å²) in [4.78, 5) is 28.0. The van der Waals surface area contributed by atoms with Crippen molar-refractivity contribution in [2.45, 2.75) is 44.7 Å². The van der Waals surface area contributed by atoms with E-state index in [4.69, 9.17) is 0 Å². The first kappa shape index (κ1) is 18.4. The van der Waals surface area contributed by atoms with Crippen LogP contribution in [-0.2, 0) is 9.59 Å². The smallest absolute Gasteiger partial charge is 0.234 e. The first-order valence-electron chi connectivity index (χ1n) is 9.07. The number of piperidine rings is 1. The first-order valence-corrected chi connectivity index (χ1v) is 9.86. The van der Waals surface area contributed by atoms with E-state index in [1.807, 2.05) is 11.0 Å². The Morgan fingerprint density at radius 3 is 2.64 bits per heavy atom. The Labute approximate surface area is 157 Å². The zero-order valence-electron chi connectivity index (χ0n) is 14.7. The number of hydrogen-bond acceptors (Lipinski definition) is 3. The minimum atomic E-state index is 0.100. The van der Waals surface area contributed by atoms with Gasteiger partial charge in [-0.05, 0) is 49.9 Å². The predicted octanol–water partition coefficient (Wildman–Crippen LogP) is 2.71. The van der Waals surface area contributed by atoms with E-state index in [2.05, 4.69) is 44.3 Å². The van der Waals surface area contributed by atoms with E-state index in [1.54, 1.807) is 6.92 Å². The van der Waals surface area contributed by atoms with Crippen LogP contribution >= 0.6 is 15.9 Å². The molecule has 1 unspecified atom stereocenters. The van der Waals surface area contributed by atoms with E-state index >= 15 is 0 Å². The Morgan fingerprint density at radius 2 is 1.96 bits per heavy atom. The molecule has 2 aliphatic rings. The molecule has 5 nitrogen and oxygen atoms in total. The van der Waals surface area contributed by atoms with Crippen molar-refractivity contribution in [2.75, 3.05) is 26.2 Å². The molecule has 0 bridgehead atoms. The second kappa shape index (κ2) is 8.32. The summed E-state index contributed by atoms with van der Waals surface area (Å²) in [6.07, 6.45) is 3.92. The lowest BCUT2D eigenvalue weighted by molar-refractivity contribution is -0.130. The van der Waals surface area contributed by atoms with Gasteiger partial charge in [-0.3, -0.25) is 14.5 Å². The predicted molar refractivity (Wildman–Crippen MR) is 101 cm³/mol. The minimum absolute atomic E-state index is 0.100. The zero-order chi connectivity index (χ0) is 17.8. The maximum absolute atomic E-state index is 12.5. The highest BCUT2D eigenvalue weighted by atomic mass is 79.9. The van der Waals surface area contributed by atoms with E-state index in [1.165, 1.54) is 5.56 Å². The van der Waals surface area contributed by atoms with Gasteiger partial charge in [0.25, 0.3) is 0 Å². The van der Waals surface area contributed by atoms with Crippen LogP contribution in [0, 0.1) is 0 Å². The highest BCUT2D eigenvalue weighted by Crippen LogP contribution is 2.32. The fourth-order valence-corrected chi connectivity index (χ4v) is 4.32. The lowest BCUT2D eigenvalue weighted by atomic mass is 10.0. The second-order valence-electron chi connectivity index (χ2n) is 7.03. The van der Waals surface area contributed by atoms with Gasteiger partial charge in [0.05, 0.1) is 6.54 Å². The maximum Gasteiger partial charge on any atom is 0.234 e. The molecule has 2 heterocycles. The number of carbonyl (C=O) groups excluding carboxylic acids is 2. The summed E-state index contributed by atoms with van der Waals surface area (Å²) >= 11 is 3.53. The normalized spacial score (nSPS) is 22.2. The Bertz CT molecular complexity index is 629. The van der Waals surface area contributed by atoms with Crippen LogP contribution in [0.15, 0.2) is 28.7 Å². The number of nitrogens with zero attached hydrogens (tertiary/aromatic N) is 2. The molecular formula is C19H26BrN3O2. The van der Waals surface area contributed by atoms with Gasteiger partial charge in [-0.15, -0.1) is 0 Å². The van der Waals surface area contributed by atoms with Crippen molar-refractivity contribution in [3.8, 4) is 0 Å². The van der Waals surface area contributed by atoms with Gasteiger partial charge in [-0.2, -0.15) is 0 Å². The van der Waals surface area contributed by atoms with Gasteiger partial charge >= 0.3 is 0 Å². The number of carbonyl (C=O) groups is 2. The maximum atomic E-state index is 12.5. The van der Waals surface area contributed by atoms with Crippen LogP contribution < -0.4 is 5.32 Å². The van der Waals surface area contributed by atoms with Crippen molar-refractivity contribution in [1.82, 2.24) is 15.1 Å². The quantitative estimate of drug-likeness (QED) is 0.834. The van der Waals surface area contributed by atoms with E-state index < -0.39 is 0 Å². The van der Waals surface area contributed by atoms with E-state index in [9.17, 15) is 9.59 Å². The van der Waals surface area contributed by atoms with Crippen LogP contribution in [-0.4, -0.2) is 53.8 Å². The number of amides is 2. The zero-order valence-corrected chi connectivity index (χ0v) is 16.3. The third-order valence-corrected chi connectivity index (χ3v) is 5.74. The molecule has 2 fully saturated rings. The van der Waals surface area contributed by atoms with Crippen molar-refractivity contribution in [2.24, 2.45) is 0 Å². The lowest BCUT2D eigenvalue weighted by Gasteiger charge is -2.32. The molecule has 6 heteroatoms. The van der Waals surface area contributed by atoms with Gasteiger partial charge in [0.2, 0.25) is 11.8 Å². The Balaban J connectivity index is 1.51. The largest absolute Gasteiger partial charge is 0.352 e. The van der Waals surface area contributed by atoms with Gasteiger partial charge in [-0.25, -0.2) is 0 Å². The van der Waals surface area contributed by atoms with Crippen LogP contribution in [0.1, 0.15) is 44.2 Å². The summed E-state index contributed by atoms with van der Waals surface area (Å²) in [5, 5.41) is 3.16. The van der Waals surface area contributed by atoms with Gasteiger partial charge in [0, 0.05) is 36.6 Å². The van der Waals surface area contributed by atoms with Crippen molar-refractivity contribution < 1.29 is 9.59 Å². The molecule has 0 aromatic heterocycles. The summed E-state index contributed by atoms with van der Waals surface area (Å²) in [6.45, 7) is 4.50.